The highest BCUT2D eigenvalue weighted by Gasteiger charge is 2.09. The maximum absolute atomic E-state index is 5.71. The molecule has 2 rings (SSSR count). The number of halogens is 1. The van der Waals surface area contributed by atoms with Gasteiger partial charge in [-0.1, -0.05) is 6.92 Å². The maximum Gasteiger partial charge on any atom is 0.109 e. The van der Waals surface area contributed by atoms with Crippen molar-refractivity contribution in [3.8, 4) is 0 Å². The summed E-state index contributed by atoms with van der Waals surface area (Å²) in [5.74, 6) is 1.90. The van der Waals surface area contributed by atoms with E-state index in [-0.39, 0.29) is 0 Å². The molecule has 0 N–H and O–H groups in total. The molecule has 0 bridgehead atoms. The molecular weight excluding hydrogens is 234 g/mol. The number of hydrogen-bond acceptors (Lipinski definition) is 2. The zero-order valence-corrected chi connectivity index (χ0v) is 11.0. The minimum atomic E-state index is 0.732. The van der Waals surface area contributed by atoms with Gasteiger partial charge in [-0.15, -0.1) is 11.6 Å². The molecule has 0 fully saturated rings. The average Bonchev–Trinajstić information content (AvgIpc) is 2.69. The van der Waals surface area contributed by atoms with Crippen LogP contribution < -0.4 is 0 Å². The molecule has 0 saturated heterocycles. The molecule has 0 radical (unpaired) electrons. The smallest absolute Gasteiger partial charge is 0.109 e. The lowest BCUT2D eigenvalue weighted by Gasteiger charge is -2.06. The summed E-state index contributed by atoms with van der Waals surface area (Å²) in [6, 6.07) is 2.04. The number of fused-ring (bicyclic) bond motifs is 1. The minimum absolute atomic E-state index is 0.732. The quantitative estimate of drug-likeness (QED) is 0.582. The standard InChI is InChI=1S/C13H18ClN3/c1-2-9-17-12-6-8-15-10-11(12)16-13(17)5-3-4-7-14/h6,8,10H,2-5,7,9H2,1H3. The Hall–Kier alpha value is -1.09. The van der Waals surface area contributed by atoms with Crippen molar-refractivity contribution in [3.05, 3.63) is 24.3 Å². The second-order valence-electron chi connectivity index (χ2n) is 4.19. The lowest BCUT2D eigenvalue weighted by atomic mass is 10.2. The maximum atomic E-state index is 5.71. The normalized spacial score (nSPS) is 11.2. The Labute approximate surface area is 107 Å². The van der Waals surface area contributed by atoms with E-state index in [1.807, 2.05) is 18.5 Å². The van der Waals surface area contributed by atoms with Crippen molar-refractivity contribution < 1.29 is 0 Å². The molecule has 0 spiro atoms. The molecule has 3 nitrogen and oxygen atoms in total. The second-order valence-corrected chi connectivity index (χ2v) is 4.57. The molecular formula is C13H18ClN3. The number of alkyl halides is 1. The van der Waals surface area contributed by atoms with E-state index < -0.39 is 0 Å². The van der Waals surface area contributed by atoms with Crippen molar-refractivity contribution in [2.75, 3.05) is 5.88 Å². The summed E-state index contributed by atoms with van der Waals surface area (Å²) in [7, 11) is 0. The van der Waals surface area contributed by atoms with Crippen LogP contribution in [0.5, 0.6) is 0 Å². The molecule has 92 valence electrons. The average molecular weight is 252 g/mol. The number of imidazole rings is 1. The predicted octanol–water partition coefficient (Wildman–Crippen LogP) is 3.40. The number of aromatic nitrogens is 3. The van der Waals surface area contributed by atoms with Gasteiger partial charge < -0.3 is 4.57 Å². The molecule has 2 aromatic rings. The second kappa shape index (κ2) is 6.01. The van der Waals surface area contributed by atoms with Crippen LogP contribution in [-0.4, -0.2) is 20.4 Å². The van der Waals surface area contributed by atoms with Crippen LogP contribution in [0.25, 0.3) is 11.0 Å². The van der Waals surface area contributed by atoms with Crippen LogP contribution in [0.3, 0.4) is 0 Å². The number of aryl methyl sites for hydroxylation is 2. The predicted molar refractivity (Wildman–Crippen MR) is 71.5 cm³/mol. The third-order valence-electron chi connectivity index (χ3n) is 2.86. The molecule has 0 aliphatic carbocycles. The molecule has 0 atom stereocenters. The first-order valence-corrected chi connectivity index (χ1v) is 6.75. The molecule has 0 saturated carbocycles. The highest BCUT2D eigenvalue weighted by Crippen LogP contribution is 2.17. The van der Waals surface area contributed by atoms with E-state index in [1.165, 1.54) is 11.3 Å². The van der Waals surface area contributed by atoms with Gasteiger partial charge in [-0.25, -0.2) is 4.98 Å². The van der Waals surface area contributed by atoms with Gasteiger partial charge in [0.15, 0.2) is 0 Å². The molecule has 0 amide bonds. The van der Waals surface area contributed by atoms with Gasteiger partial charge in [-0.05, 0) is 25.3 Å². The van der Waals surface area contributed by atoms with Crippen molar-refractivity contribution in [3.63, 3.8) is 0 Å². The van der Waals surface area contributed by atoms with Crippen LogP contribution in [0.1, 0.15) is 32.0 Å². The van der Waals surface area contributed by atoms with Crippen molar-refractivity contribution in [1.82, 2.24) is 14.5 Å². The first-order chi connectivity index (χ1) is 8.36. The number of rotatable bonds is 6. The lowest BCUT2D eigenvalue weighted by molar-refractivity contribution is 0.634. The van der Waals surface area contributed by atoms with Crippen molar-refractivity contribution >= 4 is 22.6 Å². The Kier molecular flexibility index (Phi) is 4.37. The van der Waals surface area contributed by atoms with Crippen molar-refractivity contribution in [2.24, 2.45) is 0 Å². The fraction of sp³-hybridized carbons (Fsp3) is 0.538. The van der Waals surface area contributed by atoms with Crippen LogP contribution >= 0.6 is 11.6 Å². The SMILES string of the molecule is CCCn1c(CCCCCl)nc2cnccc21. The van der Waals surface area contributed by atoms with E-state index in [9.17, 15) is 0 Å². The molecule has 0 aromatic carbocycles. The first kappa shape index (κ1) is 12.4. The highest BCUT2D eigenvalue weighted by atomic mass is 35.5. The Morgan fingerprint density at radius 3 is 3.00 bits per heavy atom. The summed E-state index contributed by atoms with van der Waals surface area (Å²) in [5.41, 5.74) is 2.20. The summed E-state index contributed by atoms with van der Waals surface area (Å²) in [4.78, 5) is 8.79. The molecule has 2 heterocycles. The number of hydrogen-bond donors (Lipinski definition) is 0. The summed E-state index contributed by atoms with van der Waals surface area (Å²) in [5, 5.41) is 0. The first-order valence-electron chi connectivity index (χ1n) is 6.22. The van der Waals surface area contributed by atoms with E-state index in [1.54, 1.807) is 0 Å². The van der Waals surface area contributed by atoms with E-state index in [4.69, 9.17) is 11.6 Å². The Bertz CT molecular complexity index is 478. The van der Waals surface area contributed by atoms with Crippen LogP contribution in [-0.2, 0) is 13.0 Å². The number of pyridine rings is 1. The van der Waals surface area contributed by atoms with Gasteiger partial charge in [0.2, 0.25) is 0 Å². The zero-order chi connectivity index (χ0) is 12.1. The third kappa shape index (κ3) is 2.78. The fourth-order valence-electron chi connectivity index (χ4n) is 2.07. The van der Waals surface area contributed by atoms with E-state index >= 15 is 0 Å². The van der Waals surface area contributed by atoms with Gasteiger partial charge in [0.1, 0.15) is 11.3 Å². The van der Waals surface area contributed by atoms with Gasteiger partial charge in [0.25, 0.3) is 0 Å². The number of nitrogens with zero attached hydrogens (tertiary/aromatic N) is 3. The lowest BCUT2D eigenvalue weighted by Crippen LogP contribution is -2.03. The van der Waals surface area contributed by atoms with Gasteiger partial charge >= 0.3 is 0 Å². The van der Waals surface area contributed by atoms with Gasteiger partial charge in [0.05, 0.1) is 11.7 Å². The van der Waals surface area contributed by atoms with Gasteiger partial charge in [-0.3, -0.25) is 4.98 Å². The largest absolute Gasteiger partial charge is 0.328 e. The van der Waals surface area contributed by atoms with E-state index in [0.29, 0.717) is 0 Å². The highest BCUT2D eigenvalue weighted by molar-refractivity contribution is 6.17. The minimum Gasteiger partial charge on any atom is -0.328 e. The topological polar surface area (TPSA) is 30.7 Å². The van der Waals surface area contributed by atoms with E-state index in [0.717, 1.165) is 43.6 Å². The molecule has 17 heavy (non-hydrogen) atoms. The summed E-state index contributed by atoms with van der Waals surface area (Å²) >= 11 is 5.71. The Morgan fingerprint density at radius 1 is 1.35 bits per heavy atom. The van der Waals surface area contributed by atoms with Crippen molar-refractivity contribution in [1.29, 1.82) is 0 Å². The van der Waals surface area contributed by atoms with E-state index in [2.05, 4.69) is 21.5 Å². The molecule has 0 unspecified atom stereocenters. The molecule has 4 heteroatoms. The van der Waals surface area contributed by atoms with Crippen LogP contribution in [0.15, 0.2) is 18.5 Å². The fourth-order valence-corrected chi connectivity index (χ4v) is 2.26. The Balaban J connectivity index is 2.29. The van der Waals surface area contributed by atoms with Crippen molar-refractivity contribution in [2.45, 2.75) is 39.2 Å². The summed E-state index contributed by atoms with van der Waals surface area (Å²) in [6.45, 7) is 3.21. The summed E-state index contributed by atoms with van der Waals surface area (Å²) in [6.07, 6.45) is 7.95. The van der Waals surface area contributed by atoms with Gasteiger partial charge in [0, 0.05) is 25.0 Å². The third-order valence-corrected chi connectivity index (χ3v) is 3.13. The molecule has 2 aromatic heterocycles. The van der Waals surface area contributed by atoms with Crippen LogP contribution in [0, 0.1) is 0 Å². The molecule has 0 aliphatic heterocycles. The number of unbranched alkanes of at least 4 members (excludes halogenated alkanes) is 1. The van der Waals surface area contributed by atoms with Crippen LogP contribution in [0.4, 0.5) is 0 Å². The van der Waals surface area contributed by atoms with Gasteiger partial charge in [-0.2, -0.15) is 0 Å². The monoisotopic (exact) mass is 251 g/mol. The summed E-state index contributed by atoms with van der Waals surface area (Å²) < 4.78 is 2.31. The van der Waals surface area contributed by atoms with Crippen LogP contribution in [0.2, 0.25) is 0 Å². The zero-order valence-electron chi connectivity index (χ0n) is 10.2. The Morgan fingerprint density at radius 2 is 2.24 bits per heavy atom. The molecule has 0 aliphatic rings.